The Morgan fingerprint density at radius 3 is 2.38 bits per heavy atom. The highest BCUT2D eigenvalue weighted by molar-refractivity contribution is 6.30. The summed E-state index contributed by atoms with van der Waals surface area (Å²) < 4.78 is 0. The number of anilines is 1. The molecule has 6 heteroatoms. The first-order valence-corrected chi connectivity index (χ1v) is 8.74. The molecule has 2 amide bonds. The molecule has 0 aliphatic heterocycles. The molecule has 26 heavy (non-hydrogen) atoms. The fourth-order valence-electron chi connectivity index (χ4n) is 2.78. The molecule has 2 rings (SSSR count). The van der Waals surface area contributed by atoms with Crippen LogP contribution in [0.25, 0.3) is 0 Å². The average molecular weight is 374 g/mol. The minimum atomic E-state index is -0.582. The van der Waals surface area contributed by atoms with Crippen LogP contribution in [0, 0.1) is 13.8 Å². The Labute approximate surface area is 159 Å². The maximum absolute atomic E-state index is 12.5. The minimum Gasteiger partial charge on any atom is -0.358 e. The van der Waals surface area contributed by atoms with Crippen LogP contribution >= 0.6 is 11.6 Å². The number of benzene rings is 2. The van der Waals surface area contributed by atoms with Gasteiger partial charge in [0.1, 0.15) is 6.04 Å². The Hall–Kier alpha value is -2.37. The molecule has 0 saturated carbocycles. The maximum atomic E-state index is 12.5. The fourth-order valence-corrected chi connectivity index (χ4v) is 2.91. The van der Waals surface area contributed by atoms with Crippen LogP contribution in [0.5, 0.6) is 0 Å². The molecule has 1 atom stereocenters. The first-order valence-electron chi connectivity index (χ1n) is 8.37. The molecule has 0 aliphatic rings. The first-order chi connectivity index (χ1) is 12.3. The molecular formula is C20H24ClN3O2. The summed E-state index contributed by atoms with van der Waals surface area (Å²) in [6, 6.07) is 12.2. The molecule has 0 aromatic heterocycles. The van der Waals surface area contributed by atoms with Crippen LogP contribution in [-0.2, 0) is 9.59 Å². The molecule has 0 saturated heterocycles. The SMILES string of the molecule is CNC(=O)[C@H](c1ccc(Cl)cc1)N(C)CC(=O)Nc1cccc(C)c1C. The van der Waals surface area contributed by atoms with E-state index in [0.29, 0.717) is 5.02 Å². The standard InChI is InChI=1S/C20H24ClN3O2/c1-13-6-5-7-17(14(13)2)23-18(25)12-24(4)19(20(26)22-3)15-8-10-16(21)11-9-15/h5-11,19H,12H2,1-4H3,(H,22,26)(H,23,25)/t19-/m0/s1. The monoisotopic (exact) mass is 373 g/mol. The number of hydrogen-bond acceptors (Lipinski definition) is 3. The molecule has 5 nitrogen and oxygen atoms in total. The van der Waals surface area contributed by atoms with Gasteiger partial charge >= 0.3 is 0 Å². The average Bonchev–Trinajstić information content (AvgIpc) is 2.60. The summed E-state index contributed by atoms with van der Waals surface area (Å²) in [6.45, 7) is 4.04. The summed E-state index contributed by atoms with van der Waals surface area (Å²) in [6.07, 6.45) is 0. The Morgan fingerprint density at radius 1 is 1.12 bits per heavy atom. The van der Waals surface area contributed by atoms with Gasteiger partial charge in [-0.15, -0.1) is 0 Å². The van der Waals surface area contributed by atoms with Crippen molar-refractivity contribution in [2.24, 2.45) is 0 Å². The van der Waals surface area contributed by atoms with E-state index in [0.717, 1.165) is 22.4 Å². The van der Waals surface area contributed by atoms with Gasteiger partial charge in [-0.25, -0.2) is 0 Å². The number of likely N-dealkylation sites (N-methyl/N-ethyl adjacent to an activating group) is 2. The summed E-state index contributed by atoms with van der Waals surface area (Å²) in [4.78, 5) is 26.6. The van der Waals surface area contributed by atoms with Gasteiger partial charge in [0.15, 0.2) is 0 Å². The first kappa shape index (κ1) is 19.9. The van der Waals surface area contributed by atoms with E-state index in [9.17, 15) is 9.59 Å². The van der Waals surface area contributed by atoms with Gasteiger partial charge in [-0.1, -0.05) is 35.9 Å². The summed E-state index contributed by atoms with van der Waals surface area (Å²) in [5, 5.41) is 6.17. The van der Waals surface area contributed by atoms with Crippen LogP contribution in [0.3, 0.4) is 0 Å². The number of hydrogen-bond donors (Lipinski definition) is 2. The predicted molar refractivity (Wildman–Crippen MR) is 105 cm³/mol. The van der Waals surface area contributed by atoms with Gasteiger partial charge < -0.3 is 10.6 Å². The van der Waals surface area contributed by atoms with E-state index in [4.69, 9.17) is 11.6 Å². The number of rotatable bonds is 6. The molecule has 0 bridgehead atoms. The highest BCUT2D eigenvalue weighted by Gasteiger charge is 2.26. The number of halogens is 1. The van der Waals surface area contributed by atoms with Gasteiger partial charge in [-0.2, -0.15) is 0 Å². The third-order valence-electron chi connectivity index (χ3n) is 4.39. The Kier molecular flexibility index (Phi) is 6.77. The fraction of sp³-hybridized carbons (Fsp3) is 0.300. The number of aryl methyl sites for hydroxylation is 1. The molecule has 0 fully saturated rings. The van der Waals surface area contributed by atoms with Gasteiger partial charge in [-0.3, -0.25) is 14.5 Å². The van der Waals surface area contributed by atoms with Gasteiger partial charge in [0, 0.05) is 17.8 Å². The van der Waals surface area contributed by atoms with Crippen molar-refractivity contribution in [3.8, 4) is 0 Å². The number of carbonyl (C=O) groups is 2. The lowest BCUT2D eigenvalue weighted by atomic mass is 10.0. The van der Waals surface area contributed by atoms with Crippen molar-refractivity contribution in [1.82, 2.24) is 10.2 Å². The third-order valence-corrected chi connectivity index (χ3v) is 4.64. The highest BCUT2D eigenvalue weighted by Crippen LogP contribution is 2.22. The largest absolute Gasteiger partial charge is 0.358 e. The summed E-state index contributed by atoms with van der Waals surface area (Å²) in [5.74, 6) is -0.363. The van der Waals surface area contributed by atoms with Crippen molar-refractivity contribution in [2.45, 2.75) is 19.9 Å². The third kappa shape index (κ3) is 4.84. The summed E-state index contributed by atoms with van der Waals surface area (Å²) in [5.41, 5.74) is 3.70. The van der Waals surface area contributed by atoms with Gasteiger partial charge in [0.05, 0.1) is 6.54 Å². The zero-order chi connectivity index (χ0) is 19.3. The molecular weight excluding hydrogens is 350 g/mol. The van der Waals surface area contributed by atoms with Crippen LogP contribution in [-0.4, -0.2) is 37.4 Å². The van der Waals surface area contributed by atoms with E-state index in [1.165, 1.54) is 0 Å². The second kappa shape index (κ2) is 8.83. The Balaban J connectivity index is 2.14. The van der Waals surface area contributed by atoms with Crippen LogP contribution in [0.1, 0.15) is 22.7 Å². The second-order valence-electron chi connectivity index (χ2n) is 6.28. The zero-order valence-electron chi connectivity index (χ0n) is 15.5. The van der Waals surface area contributed by atoms with Crippen molar-refractivity contribution >= 4 is 29.1 Å². The van der Waals surface area contributed by atoms with Crippen molar-refractivity contribution in [1.29, 1.82) is 0 Å². The van der Waals surface area contributed by atoms with Crippen LogP contribution < -0.4 is 10.6 Å². The van der Waals surface area contributed by atoms with E-state index in [1.807, 2.05) is 32.0 Å². The van der Waals surface area contributed by atoms with Crippen molar-refractivity contribution in [3.63, 3.8) is 0 Å². The molecule has 0 aliphatic carbocycles. The lowest BCUT2D eigenvalue weighted by molar-refractivity contribution is -0.126. The number of carbonyl (C=O) groups excluding carboxylic acids is 2. The summed E-state index contributed by atoms with van der Waals surface area (Å²) >= 11 is 5.93. The van der Waals surface area contributed by atoms with E-state index in [2.05, 4.69) is 10.6 Å². The number of nitrogens with zero attached hydrogens (tertiary/aromatic N) is 1. The predicted octanol–water partition coefficient (Wildman–Crippen LogP) is 3.31. The minimum absolute atomic E-state index is 0.0775. The Bertz CT molecular complexity index is 790. The lowest BCUT2D eigenvalue weighted by Crippen LogP contribution is -2.41. The molecule has 2 N–H and O–H groups in total. The van der Waals surface area contributed by atoms with Crippen molar-refractivity contribution in [2.75, 3.05) is 26.0 Å². The number of amides is 2. The van der Waals surface area contributed by atoms with Gasteiger partial charge in [0.2, 0.25) is 11.8 Å². The van der Waals surface area contributed by atoms with Crippen molar-refractivity contribution in [3.05, 3.63) is 64.2 Å². The molecule has 0 spiro atoms. The van der Waals surface area contributed by atoms with E-state index in [1.54, 1.807) is 43.3 Å². The van der Waals surface area contributed by atoms with E-state index < -0.39 is 6.04 Å². The molecule has 138 valence electrons. The Morgan fingerprint density at radius 2 is 1.77 bits per heavy atom. The van der Waals surface area contributed by atoms with Crippen LogP contribution in [0.2, 0.25) is 5.02 Å². The second-order valence-corrected chi connectivity index (χ2v) is 6.72. The topological polar surface area (TPSA) is 61.4 Å². The normalized spacial score (nSPS) is 11.9. The molecule has 0 unspecified atom stereocenters. The van der Waals surface area contributed by atoms with Crippen molar-refractivity contribution < 1.29 is 9.59 Å². The summed E-state index contributed by atoms with van der Waals surface area (Å²) in [7, 11) is 3.33. The molecule has 0 radical (unpaired) electrons. The lowest BCUT2D eigenvalue weighted by Gasteiger charge is -2.26. The number of nitrogens with one attached hydrogen (secondary N) is 2. The smallest absolute Gasteiger partial charge is 0.241 e. The van der Waals surface area contributed by atoms with Crippen LogP contribution in [0.4, 0.5) is 5.69 Å². The molecule has 2 aromatic rings. The highest BCUT2D eigenvalue weighted by atomic mass is 35.5. The quantitative estimate of drug-likeness (QED) is 0.816. The van der Waals surface area contributed by atoms with Gasteiger partial charge in [0.25, 0.3) is 0 Å². The zero-order valence-corrected chi connectivity index (χ0v) is 16.2. The van der Waals surface area contributed by atoms with Gasteiger partial charge in [-0.05, 0) is 55.8 Å². The molecule has 2 aromatic carbocycles. The maximum Gasteiger partial charge on any atom is 0.241 e. The molecule has 0 heterocycles. The van der Waals surface area contributed by atoms with E-state index in [-0.39, 0.29) is 18.4 Å². The van der Waals surface area contributed by atoms with E-state index >= 15 is 0 Å². The van der Waals surface area contributed by atoms with Crippen LogP contribution in [0.15, 0.2) is 42.5 Å².